The first-order chi connectivity index (χ1) is 10.7. The Balaban J connectivity index is 2.28. The molecule has 1 amide bonds. The van der Waals surface area contributed by atoms with Crippen LogP contribution < -0.4 is 10.1 Å². The number of methoxy groups -OCH3 is 1. The molecule has 1 aromatic heterocycles. The maximum Gasteiger partial charge on any atom is 0.358 e. The fraction of sp³-hybridized carbons (Fsp3) is 0.188. The third-order valence-corrected chi connectivity index (χ3v) is 2.87. The number of aromatic nitrogens is 1. The minimum atomic E-state index is -0.617. The summed E-state index contributed by atoms with van der Waals surface area (Å²) in [4.78, 5) is 28.0. The van der Waals surface area contributed by atoms with E-state index >= 15 is 0 Å². The highest BCUT2D eigenvalue weighted by Crippen LogP contribution is 2.21. The first-order valence-electron chi connectivity index (χ1n) is 6.74. The number of nitrogens with one attached hydrogen (secondary N) is 1. The molecule has 0 saturated heterocycles. The van der Waals surface area contributed by atoms with Crippen LogP contribution in [0.25, 0.3) is 0 Å². The van der Waals surface area contributed by atoms with Gasteiger partial charge in [0.05, 0.1) is 25.0 Å². The first-order valence-corrected chi connectivity index (χ1v) is 6.74. The summed E-state index contributed by atoms with van der Waals surface area (Å²) in [5, 5.41) is 2.66. The number of anilines is 1. The van der Waals surface area contributed by atoms with Crippen LogP contribution in [-0.4, -0.2) is 30.6 Å². The standard InChI is InChI=1S/C16H16N2O4/c1-3-22-13-9-5-4-7-11(13)15(19)18-12-8-6-10-17-14(12)16(20)21-2/h4-10H,3H2,1-2H3,(H,18,19). The van der Waals surface area contributed by atoms with Crippen LogP contribution in [0.3, 0.4) is 0 Å². The van der Waals surface area contributed by atoms with Crippen molar-refractivity contribution in [3.05, 3.63) is 53.9 Å². The second-order valence-corrected chi connectivity index (χ2v) is 4.27. The second-order valence-electron chi connectivity index (χ2n) is 4.27. The van der Waals surface area contributed by atoms with Gasteiger partial charge in [0.15, 0.2) is 5.69 Å². The van der Waals surface area contributed by atoms with Crippen LogP contribution in [-0.2, 0) is 4.74 Å². The Morgan fingerprint density at radius 3 is 2.68 bits per heavy atom. The molecule has 1 heterocycles. The molecule has 0 aliphatic rings. The largest absolute Gasteiger partial charge is 0.493 e. The third kappa shape index (κ3) is 3.41. The molecule has 6 heteroatoms. The van der Waals surface area contributed by atoms with E-state index in [0.29, 0.717) is 17.9 Å². The highest BCUT2D eigenvalue weighted by atomic mass is 16.5. The number of rotatable bonds is 5. The van der Waals surface area contributed by atoms with Gasteiger partial charge in [-0.3, -0.25) is 4.79 Å². The van der Waals surface area contributed by atoms with Gasteiger partial charge < -0.3 is 14.8 Å². The van der Waals surface area contributed by atoms with Gasteiger partial charge in [0.1, 0.15) is 5.75 Å². The summed E-state index contributed by atoms with van der Waals surface area (Å²) in [7, 11) is 1.26. The van der Waals surface area contributed by atoms with Crippen molar-refractivity contribution in [1.29, 1.82) is 0 Å². The van der Waals surface area contributed by atoms with Gasteiger partial charge in [-0.05, 0) is 31.2 Å². The SMILES string of the molecule is CCOc1ccccc1C(=O)Nc1cccnc1C(=O)OC. The van der Waals surface area contributed by atoms with Crippen LogP contribution >= 0.6 is 0 Å². The molecule has 114 valence electrons. The molecule has 0 aliphatic carbocycles. The average molecular weight is 300 g/mol. The summed E-state index contributed by atoms with van der Waals surface area (Å²) in [6.07, 6.45) is 1.45. The number of pyridine rings is 1. The monoisotopic (exact) mass is 300 g/mol. The highest BCUT2D eigenvalue weighted by Gasteiger charge is 2.17. The number of amides is 1. The van der Waals surface area contributed by atoms with E-state index in [-0.39, 0.29) is 17.3 Å². The Hall–Kier alpha value is -2.89. The molecule has 2 rings (SSSR count). The molecule has 0 saturated carbocycles. The Kier molecular flexibility index (Phi) is 5.08. The zero-order valence-electron chi connectivity index (χ0n) is 12.3. The summed E-state index contributed by atoms with van der Waals surface area (Å²) in [5.41, 5.74) is 0.710. The lowest BCUT2D eigenvalue weighted by molar-refractivity contribution is 0.0595. The van der Waals surface area contributed by atoms with Crippen molar-refractivity contribution in [3.63, 3.8) is 0 Å². The summed E-state index contributed by atoms with van der Waals surface area (Å²) >= 11 is 0. The lowest BCUT2D eigenvalue weighted by atomic mass is 10.1. The van der Waals surface area contributed by atoms with Gasteiger partial charge in [0, 0.05) is 6.20 Å². The Labute approximate surface area is 128 Å². The number of carbonyl (C=O) groups excluding carboxylic acids is 2. The van der Waals surface area contributed by atoms with E-state index in [4.69, 9.17) is 4.74 Å². The number of hydrogen-bond donors (Lipinski definition) is 1. The number of carbonyl (C=O) groups is 2. The van der Waals surface area contributed by atoms with Crippen LogP contribution in [0.15, 0.2) is 42.6 Å². The molecule has 6 nitrogen and oxygen atoms in total. The van der Waals surface area contributed by atoms with Crippen molar-refractivity contribution in [1.82, 2.24) is 4.98 Å². The van der Waals surface area contributed by atoms with Crippen molar-refractivity contribution in [2.24, 2.45) is 0 Å². The van der Waals surface area contributed by atoms with E-state index < -0.39 is 5.97 Å². The van der Waals surface area contributed by atoms with Gasteiger partial charge in [0.2, 0.25) is 0 Å². The normalized spacial score (nSPS) is 9.91. The van der Waals surface area contributed by atoms with Gasteiger partial charge in [-0.1, -0.05) is 12.1 Å². The van der Waals surface area contributed by atoms with Gasteiger partial charge in [0.25, 0.3) is 5.91 Å². The molecule has 0 unspecified atom stereocenters. The molecule has 22 heavy (non-hydrogen) atoms. The summed E-state index contributed by atoms with van der Waals surface area (Å²) in [6, 6.07) is 10.1. The van der Waals surface area contributed by atoms with Gasteiger partial charge in [-0.25, -0.2) is 9.78 Å². The van der Waals surface area contributed by atoms with Crippen molar-refractivity contribution in [3.8, 4) is 5.75 Å². The van der Waals surface area contributed by atoms with E-state index in [1.165, 1.54) is 13.3 Å². The van der Waals surface area contributed by atoms with Gasteiger partial charge >= 0.3 is 5.97 Å². The van der Waals surface area contributed by atoms with Crippen LogP contribution in [0.1, 0.15) is 27.8 Å². The molecule has 1 N–H and O–H groups in total. The molecular formula is C16H16N2O4. The molecule has 0 aliphatic heterocycles. The van der Waals surface area contributed by atoms with Crippen LogP contribution in [0.4, 0.5) is 5.69 Å². The first kappa shape index (κ1) is 15.5. The molecule has 0 spiro atoms. The Morgan fingerprint density at radius 2 is 1.95 bits per heavy atom. The van der Waals surface area contributed by atoms with Gasteiger partial charge in [-0.2, -0.15) is 0 Å². The maximum absolute atomic E-state index is 12.4. The van der Waals surface area contributed by atoms with Crippen molar-refractivity contribution >= 4 is 17.6 Å². The number of esters is 1. The predicted molar refractivity (Wildman–Crippen MR) is 81.1 cm³/mol. The zero-order chi connectivity index (χ0) is 15.9. The van der Waals surface area contributed by atoms with E-state index in [9.17, 15) is 9.59 Å². The van der Waals surface area contributed by atoms with Crippen molar-refractivity contribution < 1.29 is 19.1 Å². The average Bonchev–Trinajstić information content (AvgIpc) is 2.55. The van der Waals surface area contributed by atoms with Crippen LogP contribution in [0.5, 0.6) is 5.75 Å². The molecule has 0 bridgehead atoms. The third-order valence-electron chi connectivity index (χ3n) is 2.87. The maximum atomic E-state index is 12.4. The molecule has 0 radical (unpaired) electrons. The Bertz CT molecular complexity index is 685. The van der Waals surface area contributed by atoms with E-state index in [2.05, 4.69) is 15.0 Å². The fourth-order valence-corrected chi connectivity index (χ4v) is 1.89. The van der Waals surface area contributed by atoms with E-state index in [1.807, 2.05) is 6.92 Å². The molecular weight excluding hydrogens is 284 g/mol. The van der Waals surface area contributed by atoms with Crippen molar-refractivity contribution in [2.45, 2.75) is 6.92 Å². The van der Waals surface area contributed by atoms with Gasteiger partial charge in [-0.15, -0.1) is 0 Å². The molecule has 0 fully saturated rings. The number of benzene rings is 1. The number of ether oxygens (including phenoxy) is 2. The fourth-order valence-electron chi connectivity index (χ4n) is 1.89. The zero-order valence-corrected chi connectivity index (χ0v) is 12.3. The lowest BCUT2D eigenvalue weighted by Crippen LogP contribution is -2.17. The Morgan fingerprint density at radius 1 is 1.18 bits per heavy atom. The summed E-state index contributed by atoms with van der Waals surface area (Å²) < 4.78 is 10.1. The smallest absolute Gasteiger partial charge is 0.358 e. The quantitative estimate of drug-likeness (QED) is 0.858. The summed E-state index contributed by atoms with van der Waals surface area (Å²) in [6.45, 7) is 2.29. The minimum absolute atomic E-state index is 0.0484. The topological polar surface area (TPSA) is 77.5 Å². The molecule has 2 aromatic rings. The number of hydrogen-bond acceptors (Lipinski definition) is 5. The summed E-state index contributed by atoms with van der Waals surface area (Å²) in [5.74, 6) is -0.526. The lowest BCUT2D eigenvalue weighted by Gasteiger charge is -2.11. The van der Waals surface area contributed by atoms with Crippen LogP contribution in [0.2, 0.25) is 0 Å². The van der Waals surface area contributed by atoms with E-state index in [1.54, 1.807) is 36.4 Å². The number of nitrogens with zero attached hydrogens (tertiary/aromatic N) is 1. The van der Waals surface area contributed by atoms with E-state index in [0.717, 1.165) is 0 Å². The highest BCUT2D eigenvalue weighted by molar-refractivity contribution is 6.08. The predicted octanol–water partition coefficient (Wildman–Crippen LogP) is 2.52. The van der Waals surface area contributed by atoms with Crippen LogP contribution in [0, 0.1) is 0 Å². The second kappa shape index (κ2) is 7.21. The molecule has 0 atom stereocenters. The molecule has 1 aromatic carbocycles. The van der Waals surface area contributed by atoms with Crippen molar-refractivity contribution in [2.75, 3.05) is 19.0 Å². The minimum Gasteiger partial charge on any atom is -0.493 e. The number of para-hydroxylation sites is 1.